The fraction of sp³-hybridized carbons (Fsp3) is 0.267. The molecule has 0 amide bonds. The fourth-order valence-electron chi connectivity index (χ4n) is 1.34. The maximum Gasteiger partial charge on any atom is -0.0128 e. The quantitative estimate of drug-likeness (QED) is 0.368. The first-order valence-corrected chi connectivity index (χ1v) is 5.41. The van der Waals surface area contributed by atoms with E-state index in [2.05, 4.69) is 31.4 Å². The Morgan fingerprint density at radius 1 is 1.33 bits per heavy atom. The summed E-state index contributed by atoms with van der Waals surface area (Å²) in [6, 6.07) is 10.3. The van der Waals surface area contributed by atoms with Gasteiger partial charge in [-0.25, -0.2) is 0 Å². The zero-order valence-electron chi connectivity index (χ0n) is 9.37. The lowest BCUT2D eigenvalue weighted by molar-refractivity contribution is 0.835. The van der Waals surface area contributed by atoms with Crippen molar-refractivity contribution in [2.45, 2.75) is 26.2 Å². The lowest BCUT2D eigenvalue weighted by atomic mass is 10.1. The maximum absolute atomic E-state index is 3.71. The first-order chi connectivity index (χ1) is 7.33. The Morgan fingerprint density at radius 3 is 2.73 bits per heavy atom. The second-order valence-corrected chi connectivity index (χ2v) is 3.66. The SMILES string of the molecule is C=CCCCC(C)=C=Cc1ccccc1. The molecule has 1 rings (SSSR count). The number of unbranched alkanes of at least 4 members (excludes halogenated alkanes) is 1. The number of allylic oxidation sites excluding steroid dienone is 2. The lowest BCUT2D eigenvalue weighted by Crippen LogP contribution is -1.75. The van der Waals surface area contributed by atoms with Gasteiger partial charge in [-0.2, -0.15) is 0 Å². The number of benzene rings is 1. The molecule has 0 N–H and O–H groups in total. The molecule has 0 aliphatic heterocycles. The van der Waals surface area contributed by atoms with Gasteiger partial charge in [0.2, 0.25) is 0 Å². The normalized spacial score (nSPS) is 9.13. The molecular formula is C15H18. The van der Waals surface area contributed by atoms with Crippen LogP contribution >= 0.6 is 0 Å². The molecule has 0 saturated carbocycles. The third kappa shape index (κ3) is 5.05. The molecule has 78 valence electrons. The molecule has 0 saturated heterocycles. The molecule has 0 heteroatoms. The molecule has 0 aliphatic rings. The van der Waals surface area contributed by atoms with Crippen molar-refractivity contribution in [1.82, 2.24) is 0 Å². The van der Waals surface area contributed by atoms with Crippen molar-refractivity contribution in [3.63, 3.8) is 0 Å². The summed E-state index contributed by atoms with van der Waals surface area (Å²) in [4.78, 5) is 0. The van der Waals surface area contributed by atoms with Gasteiger partial charge in [-0.3, -0.25) is 0 Å². The third-order valence-electron chi connectivity index (χ3n) is 2.24. The van der Waals surface area contributed by atoms with Crippen LogP contribution in [0.15, 0.2) is 54.3 Å². The highest BCUT2D eigenvalue weighted by Crippen LogP contribution is 2.07. The molecule has 0 spiro atoms. The second-order valence-electron chi connectivity index (χ2n) is 3.66. The molecule has 15 heavy (non-hydrogen) atoms. The Bertz CT molecular complexity index is 351. The van der Waals surface area contributed by atoms with Gasteiger partial charge in [-0.05, 0) is 43.4 Å². The van der Waals surface area contributed by atoms with Crippen LogP contribution in [0, 0.1) is 0 Å². The molecule has 0 aromatic heterocycles. The summed E-state index contributed by atoms with van der Waals surface area (Å²) < 4.78 is 0. The van der Waals surface area contributed by atoms with Gasteiger partial charge in [-0.1, -0.05) is 36.4 Å². The smallest absolute Gasteiger partial charge is 0.0128 e. The Labute approximate surface area is 92.6 Å². The van der Waals surface area contributed by atoms with Crippen LogP contribution in [0.3, 0.4) is 0 Å². The highest BCUT2D eigenvalue weighted by atomic mass is 13.9. The summed E-state index contributed by atoms with van der Waals surface area (Å²) in [6.07, 6.45) is 7.38. The Balaban J connectivity index is 2.54. The van der Waals surface area contributed by atoms with Crippen LogP contribution in [-0.2, 0) is 0 Å². The largest absolute Gasteiger partial charge is 0.121 e. The summed E-state index contributed by atoms with van der Waals surface area (Å²) in [7, 11) is 0. The average Bonchev–Trinajstić information content (AvgIpc) is 2.28. The van der Waals surface area contributed by atoms with Gasteiger partial charge in [0.15, 0.2) is 0 Å². The van der Waals surface area contributed by atoms with E-state index < -0.39 is 0 Å². The summed E-state index contributed by atoms with van der Waals surface area (Å²) >= 11 is 0. The first kappa shape index (κ1) is 11.6. The lowest BCUT2D eigenvalue weighted by Gasteiger charge is -1.94. The van der Waals surface area contributed by atoms with E-state index in [0.29, 0.717) is 0 Å². The zero-order valence-corrected chi connectivity index (χ0v) is 9.37. The number of hydrogen-bond acceptors (Lipinski definition) is 0. The highest BCUT2D eigenvalue weighted by Gasteiger charge is 1.87. The van der Waals surface area contributed by atoms with E-state index in [0.717, 1.165) is 12.8 Å². The average molecular weight is 198 g/mol. The van der Waals surface area contributed by atoms with E-state index in [-0.39, 0.29) is 0 Å². The predicted molar refractivity (Wildman–Crippen MR) is 67.7 cm³/mol. The van der Waals surface area contributed by atoms with E-state index in [9.17, 15) is 0 Å². The number of hydrogen-bond donors (Lipinski definition) is 0. The Morgan fingerprint density at radius 2 is 2.07 bits per heavy atom. The third-order valence-corrected chi connectivity index (χ3v) is 2.24. The van der Waals surface area contributed by atoms with Crippen LogP contribution in [0.4, 0.5) is 0 Å². The van der Waals surface area contributed by atoms with Crippen LogP contribution in [-0.4, -0.2) is 0 Å². The van der Waals surface area contributed by atoms with Gasteiger partial charge in [-0.15, -0.1) is 12.3 Å². The van der Waals surface area contributed by atoms with E-state index >= 15 is 0 Å². The molecular weight excluding hydrogens is 180 g/mol. The van der Waals surface area contributed by atoms with Crippen LogP contribution in [0.1, 0.15) is 31.7 Å². The molecule has 0 bridgehead atoms. The predicted octanol–water partition coefficient (Wildman–Crippen LogP) is 4.60. The molecule has 0 nitrogen and oxygen atoms in total. The van der Waals surface area contributed by atoms with Crippen LogP contribution in [0.25, 0.3) is 6.08 Å². The standard InChI is InChI=1S/C15H18/c1-3-4-6-9-14(2)12-13-15-10-7-5-8-11-15/h3,5,7-8,10-11,13H,1,4,6,9H2,2H3. The van der Waals surface area contributed by atoms with Crippen LogP contribution < -0.4 is 0 Å². The minimum atomic E-state index is 1.09. The second kappa shape index (κ2) is 6.86. The first-order valence-electron chi connectivity index (χ1n) is 5.41. The van der Waals surface area contributed by atoms with Crippen molar-refractivity contribution < 1.29 is 0 Å². The van der Waals surface area contributed by atoms with Crippen molar-refractivity contribution in [3.8, 4) is 0 Å². The van der Waals surface area contributed by atoms with E-state index in [1.807, 2.05) is 30.4 Å². The van der Waals surface area contributed by atoms with Crippen LogP contribution in [0.2, 0.25) is 0 Å². The molecule has 0 heterocycles. The zero-order chi connectivity index (χ0) is 10.9. The molecule has 0 aliphatic carbocycles. The Kier molecular flexibility index (Phi) is 5.29. The summed E-state index contributed by atoms with van der Waals surface area (Å²) in [5.41, 5.74) is 5.83. The molecule has 0 fully saturated rings. The van der Waals surface area contributed by atoms with E-state index in [1.54, 1.807) is 0 Å². The van der Waals surface area contributed by atoms with Crippen molar-refractivity contribution >= 4 is 6.08 Å². The van der Waals surface area contributed by atoms with E-state index in [1.165, 1.54) is 17.6 Å². The minimum absolute atomic E-state index is 1.09. The topological polar surface area (TPSA) is 0 Å². The molecule has 0 radical (unpaired) electrons. The van der Waals surface area contributed by atoms with Gasteiger partial charge >= 0.3 is 0 Å². The number of rotatable bonds is 5. The van der Waals surface area contributed by atoms with E-state index in [4.69, 9.17) is 0 Å². The summed E-state index contributed by atoms with van der Waals surface area (Å²) in [5.74, 6) is 0. The summed E-state index contributed by atoms with van der Waals surface area (Å²) in [6.45, 7) is 5.84. The monoisotopic (exact) mass is 198 g/mol. The molecule has 1 aromatic rings. The van der Waals surface area contributed by atoms with Crippen molar-refractivity contribution in [1.29, 1.82) is 0 Å². The minimum Gasteiger partial charge on any atom is -0.121 e. The Hall–Kier alpha value is -1.52. The molecule has 0 atom stereocenters. The molecule has 1 aromatic carbocycles. The van der Waals surface area contributed by atoms with Crippen molar-refractivity contribution in [3.05, 3.63) is 59.9 Å². The summed E-state index contributed by atoms with van der Waals surface area (Å²) in [5, 5.41) is 0. The van der Waals surface area contributed by atoms with Gasteiger partial charge in [0, 0.05) is 0 Å². The van der Waals surface area contributed by atoms with Crippen molar-refractivity contribution in [2.24, 2.45) is 0 Å². The van der Waals surface area contributed by atoms with Gasteiger partial charge in [0.05, 0.1) is 0 Å². The highest BCUT2D eigenvalue weighted by molar-refractivity contribution is 5.48. The van der Waals surface area contributed by atoms with Crippen molar-refractivity contribution in [2.75, 3.05) is 0 Å². The van der Waals surface area contributed by atoms with Gasteiger partial charge in [0.25, 0.3) is 0 Å². The van der Waals surface area contributed by atoms with Crippen LogP contribution in [0.5, 0.6) is 0 Å². The maximum atomic E-state index is 3.71. The van der Waals surface area contributed by atoms with Gasteiger partial charge in [0.1, 0.15) is 0 Å². The molecule has 0 unspecified atom stereocenters. The van der Waals surface area contributed by atoms with Gasteiger partial charge < -0.3 is 0 Å². The fourth-order valence-corrected chi connectivity index (χ4v) is 1.34.